The third kappa shape index (κ3) is 10.7. The number of aliphatic hydroxyl groups excluding tert-OH is 1. The molecule has 0 radical (unpaired) electrons. The van der Waals surface area contributed by atoms with Gasteiger partial charge in [-0.05, 0) is 60.2 Å². The van der Waals surface area contributed by atoms with E-state index in [4.69, 9.17) is 14.2 Å². The molecule has 232 valence electrons. The quantitative estimate of drug-likeness (QED) is 0.120. The summed E-state index contributed by atoms with van der Waals surface area (Å²) < 4.78 is 17.7. The minimum Gasteiger partial charge on any atom is -0.550 e. The van der Waals surface area contributed by atoms with Gasteiger partial charge in [-0.3, -0.25) is 4.79 Å². The van der Waals surface area contributed by atoms with Gasteiger partial charge in [0.05, 0.1) is 27.4 Å². The molecule has 0 atom stereocenters. The van der Waals surface area contributed by atoms with E-state index in [0.29, 0.717) is 19.4 Å². The van der Waals surface area contributed by atoms with Crippen molar-refractivity contribution in [1.29, 1.82) is 0 Å². The third-order valence-electron chi connectivity index (χ3n) is 7.60. The number of nitrogens with zero attached hydrogens (tertiary/aromatic N) is 1. The Bertz CT molecular complexity index is 1190. The maximum absolute atomic E-state index is 13.1. The van der Waals surface area contributed by atoms with Crippen molar-refractivity contribution < 1.29 is 52.9 Å². The Morgan fingerprint density at radius 2 is 1.18 bits per heavy atom. The van der Waals surface area contributed by atoms with Crippen LogP contribution in [0.25, 0.3) is 0 Å². The van der Waals surface area contributed by atoms with Gasteiger partial charge < -0.3 is 34.1 Å². The molecule has 3 rings (SSSR count). The number of aliphatic carboxylic acids is 1. The predicted molar refractivity (Wildman–Crippen MR) is 164 cm³/mol. The molecule has 0 aliphatic rings. The summed E-state index contributed by atoms with van der Waals surface area (Å²) >= 11 is 0. The molecule has 0 saturated heterocycles. The molecule has 0 aliphatic heterocycles. The third-order valence-corrected chi connectivity index (χ3v) is 7.60. The summed E-state index contributed by atoms with van der Waals surface area (Å²) in [4.78, 5) is 25.3. The van der Waals surface area contributed by atoms with E-state index in [0.717, 1.165) is 60.3 Å². The second kappa shape index (κ2) is 19.9. The van der Waals surface area contributed by atoms with E-state index < -0.39 is 11.6 Å². The second-order valence-corrected chi connectivity index (χ2v) is 10.5. The van der Waals surface area contributed by atoms with Crippen molar-refractivity contribution >= 4 is 11.9 Å². The molecule has 0 heterocycles. The number of carbonyl (C=O) groups is 2. The first-order chi connectivity index (χ1) is 20.9. The van der Waals surface area contributed by atoms with Gasteiger partial charge in [0.15, 0.2) is 0 Å². The van der Waals surface area contributed by atoms with Gasteiger partial charge in [-0.2, -0.15) is 0 Å². The van der Waals surface area contributed by atoms with Gasteiger partial charge in [-0.1, -0.05) is 80.3 Å². The zero-order valence-electron chi connectivity index (χ0n) is 26.3. The van der Waals surface area contributed by atoms with E-state index >= 15 is 0 Å². The normalized spacial score (nSPS) is 11.0. The first kappa shape index (κ1) is 36.9. The van der Waals surface area contributed by atoms with Crippen LogP contribution in [0.2, 0.25) is 0 Å². The number of carbonyl (C=O) groups excluding carboxylic acids is 2. The van der Waals surface area contributed by atoms with Gasteiger partial charge >= 0.3 is 18.9 Å². The monoisotopic (exact) mass is 597 g/mol. The number of benzene rings is 3. The van der Waals surface area contributed by atoms with Crippen LogP contribution >= 0.6 is 0 Å². The summed E-state index contributed by atoms with van der Waals surface area (Å²) in [6.07, 6.45) is 5.49. The van der Waals surface area contributed by atoms with E-state index in [-0.39, 0.29) is 50.9 Å². The van der Waals surface area contributed by atoms with E-state index in [1.807, 2.05) is 78.9 Å². The van der Waals surface area contributed by atoms with E-state index in [2.05, 4.69) is 0 Å². The predicted octanol–water partition coefficient (Wildman–Crippen LogP) is 1.71. The van der Waals surface area contributed by atoms with Gasteiger partial charge in [0, 0.05) is 25.5 Å². The standard InChI is InChI=1S/C35H45NO7.Li/c1-41-31-20-16-29(17-21-31)35(28-12-8-7-9-13-28,30-18-22-32(42-2)23-19-30)43-27-25-36(24-26-37)33(38)14-10-5-3-4-6-11-15-34(39)40;/h7-9,12-13,16-23,37H,3-6,10-11,14-15,24-27H2,1-2H3,(H,39,40);/q;+1/p-1. The van der Waals surface area contributed by atoms with Crippen LogP contribution in [0.1, 0.15) is 68.1 Å². The van der Waals surface area contributed by atoms with Crippen LogP contribution in [0.3, 0.4) is 0 Å². The Labute approximate surface area is 273 Å². The van der Waals surface area contributed by atoms with Gasteiger partial charge in [0.25, 0.3) is 0 Å². The van der Waals surface area contributed by atoms with Crippen LogP contribution in [-0.4, -0.2) is 62.4 Å². The molecular weight excluding hydrogens is 553 g/mol. The number of hydrogen-bond donors (Lipinski definition) is 1. The average Bonchev–Trinajstić information content (AvgIpc) is 3.04. The molecule has 0 bridgehead atoms. The Hall–Kier alpha value is -3.28. The molecule has 3 aromatic rings. The number of amides is 1. The number of carboxylic acid groups (broad SMARTS) is 1. The Balaban J connectivity index is 0.00000675. The van der Waals surface area contributed by atoms with Gasteiger partial charge in [-0.25, -0.2) is 0 Å². The van der Waals surface area contributed by atoms with Gasteiger partial charge in [-0.15, -0.1) is 0 Å². The van der Waals surface area contributed by atoms with E-state index in [9.17, 15) is 19.8 Å². The van der Waals surface area contributed by atoms with E-state index in [1.54, 1.807) is 19.1 Å². The Morgan fingerprint density at radius 1 is 0.705 bits per heavy atom. The number of aliphatic hydroxyl groups is 1. The molecule has 0 saturated carbocycles. The molecule has 1 amide bonds. The van der Waals surface area contributed by atoms with Gasteiger partial charge in [0.2, 0.25) is 5.91 Å². The van der Waals surface area contributed by atoms with Gasteiger partial charge in [0.1, 0.15) is 17.1 Å². The smallest absolute Gasteiger partial charge is 0.550 e. The van der Waals surface area contributed by atoms with Crippen LogP contribution in [0.5, 0.6) is 11.5 Å². The fourth-order valence-corrected chi connectivity index (χ4v) is 5.28. The molecule has 9 heteroatoms. The average molecular weight is 598 g/mol. The molecule has 0 fully saturated rings. The molecule has 8 nitrogen and oxygen atoms in total. The molecular formula is C35H44LiNO7. The zero-order valence-corrected chi connectivity index (χ0v) is 26.3. The van der Waals surface area contributed by atoms with Crippen LogP contribution < -0.4 is 33.4 Å². The number of methoxy groups -OCH3 is 2. The summed E-state index contributed by atoms with van der Waals surface area (Å²) in [5.74, 6) is 0.441. The fraction of sp³-hybridized carbons (Fsp3) is 0.429. The van der Waals surface area contributed by atoms with Crippen LogP contribution in [0, 0.1) is 0 Å². The molecule has 0 spiro atoms. The fourth-order valence-electron chi connectivity index (χ4n) is 5.28. The summed E-state index contributed by atoms with van der Waals surface area (Å²) in [6.45, 7) is 0.653. The number of unbranched alkanes of at least 4 members (excludes halogenated alkanes) is 5. The van der Waals surface area contributed by atoms with Crippen molar-refractivity contribution in [2.75, 3.05) is 40.5 Å². The van der Waals surface area contributed by atoms with E-state index in [1.165, 1.54) is 0 Å². The summed E-state index contributed by atoms with van der Waals surface area (Å²) in [7, 11) is 3.26. The van der Waals surface area contributed by atoms with Crippen molar-refractivity contribution in [3.8, 4) is 11.5 Å². The second-order valence-electron chi connectivity index (χ2n) is 10.5. The zero-order chi connectivity index (χ0) is 30.9. The largest absolute Gasteiger partial charge is 1.00 e. The summed E-state index contributed by atoms with van der Waals surface area (Å²) in [5, 5.41) is 20.2. The number of ether oxygens (including phenoxy) is 3. The Morgan fingerprint density at radius 3 is 1.66 bits per heavy atom. The maximum Gasteiger partial charge on any atom is 1.00 e. The molecule has 3 aromatic carbocycles. The number of hydrogen-bond acceptors (Lipinski definition) is 7. The molecule has 0 aromatic heterocycles. The number of rotatable bonds is 20. The number of carboxylic acids is 1. The minimum absolute atomic E-state index is 0. The first-order valence-corrected chi connectivity index (χ1v) is 15.0. The summed E-state index contributed by atoms with van der Waals surface area (Å²) in [6, 6.07) is 25.6. The van der Waals surface area contributed by atoms with Crippen molar-refractivity contribution in [3.63, 3.8) is 0 Å². The molecule has 1 N–H and O–H groups in total. The minimum atomic E-state index is -1.01. The van der Waals surface area contributed by atoms with Crippen molar-refractivity contribution in [3.05, 3.63) is 95.6 Å². The summed E-state index contributed by atoms with van der Waals surface area (Å²) in [5.41, 5.74) is 1.77. The molecule has 0 aliphatic carbocycles. The maximum atomic E-state index is 13.1. The van der Waals surface area contributed by atoms with Crippen molar-refractivity contribution in [2.45, 2.75) is 57.0 Å². The molecule has 0 unspecified atom stereocenters. The van der Waals surface area contributed by atoms with Crippen LogP contribution in [0.15, 0.2) is 78.9 Å². The van der Waals surface area contributed by atoms with Crippen molar-refractivity contribution in [1.82, 2.24) is 4.90 Å². The van der Waals surface area contributed by atoms with Crippen molar-refractivity contribution in [2.24, 2.45) is 0 Å². The topological polar surface area (TPSA) is 108 Å². The molecule has 44 heavy (non-hydrogen) atoms. The first-order valence-electron chi connectivity index (χ1n) is 15.0. The SMILES string of the molecule is COc1ccc(C(OCCN(CCO)C(=O)CCCCCCCCC(=O)[O-])(c2ccccc2)c2ccc(OC)cc2)cc1.[Li+]. The van der Waals surface area contributed by atoms with Crippen LogP contribution in [-0.2, 0) is 19.9 Å². The van der Waals surface area contributed by atoms with Crippen LogP contribution in [0.4, 0.5) is 0 Å². The Kier molecular flexibility index (Phi) is 16.7.